The number of amides is 1. The quantitative estimate of drug-likeness (QED) is 0.769. The smallest absolute Gasteiger partial charge is 0.328 e. The summed E-state index contributed by atoms with van der Waals surface area (Å²) >= 11 is 11.7. The van der Waals surface area contributed by atoms with Crippen molar-refractivity contribution in [2.24, 2.45) is 5.92 Å². The Labute approximate surface area is 139 Å². The number of carbonyl (C=O) groups is 2. The average molecular weight is 348 g/mol. The molecule has 22 heavy (non-hydrogen) atoms. The molecule has 0 saturated heterocycles. The van der Waals surface area contributed by atoms with E-state index >= 15 is 0 Å². The van der Waals surface area contributed by atoms with Crippen molar-refractivity contribution >= 4 is 35.1 Å². The normalized spacial score (nSPS) is 11.9. The number of carbonyl (C=O) groups excluding carboxylic acids is 2. The van der Waals surface area contributed by atoms with Crippen LogP contribution < -0.4 is 10.1 Å². The van der Waals surface area contributed by atoms with Crippen LogP contribution in [-0.4, -0.2) is 31.6 Å². The molecule has 122 valence electrons. The van der Waals surface area contributed by atoms with Gasteiger partial charge in [0.15, 0.2) is 6.61 Å². The van der Waals surface area contributed by atoms with Gasteiger partial charge < -0.3 is 14.8 Å². The molecule has 0 aromatic heterocycles. The maximum absolute atomic E-state index is 11.9. The third kappa shape index (κ3) is 6.12. The Hall–Kier alpha value is -1.46. The van der Waals surface area contributed by atoms with Gasteiger partial charge in [-0.25, -0.2) is 4.79 Å². The number of benzene rings is 1. The van der Waals surface area contributed by atoms with Crippen molar-refractivity contribution in [3.63, 3.8) is 0 Å². The highest BCUT2D eigenvalue weighted by atomic mass is 35.5. The van der Waals surface area contributed by atoms with Gasteiger partial charge in [0.1, 0.15) is 11.8 Å². The molecule has 7 heteroatoms. The summed E-state index contributed by atoms with van der Waals surface area (Å²) in [6, 6.07) is 4.01. The standard InChI is InChI=1S/C15H19Cl2NO4/c1-9(2)6-12(15(20)21-3)18-14(19)8-22-13-5-4-10(16)7-11(13)17/h4-5,7,9,12H,6,8H2,1-3H3,(H,18,19)/t12-/m1/s1. The average Bonchev–Trinajstić information content (AvgIpc) is 2.44. The molecule has 1 aromatic carbocycles. The first-order valence-corrected chi connectivity index (χ1v) is 7.54. The molecular formula is C15H19Cl2NO4. The molecule has 0 aliphatic carbocycles. The van der Waals surface area contributed by atoms with Crippen molar-refractivity contribution < 1.29 is 19.1 Å². The van der Waals surface area contributed by atoms with E-state index in [4.69, 9.17) is 27.9 Å². The largest absolute Gasteiger partial charge is 0.482 e. The van der Waals surface area contributed by atoms with Crippen LogP contribution in [0.15, 0.2) is 18.2 Å². The fourth-order valence-electron chi connectivity index (χ4n) is 1.80. The van der Waals surface area contributed by atoms with Crippen LogP contribution in [0.5, 0.6) is 5.75 Å². The summed E-state index contributed by atoms with van der Waals surface area (Å²) in [5.74, 6) is -0.329. The molecule has 1 atom stereocenters. The maximum atomic E-state index is 11.9. The summed E-state index contributed by atoms with van der Waals surface area (Å²) in [7, 11) is 1.28. The number of nitrogens with one attached hydrogen (secondary N) is 1. The molecule has 1 amide bonds. The highest BCUT2D eigenvalue weighted by molar-refractivity contribution is 6.35. The third-order valence-electron chi connectivity index (χ3n) is 2.78. The minimum absolute atomic E-state index is 0.232. The Balaban J connectivity index is 2.58. The van der Waals surface area contributed by atoms with E-state index in [9.17, 15) is 9.59 Å². The van der Waals surface area contributed by atoms with E-state index in [-0.39, 0.29) is 12.5 Å². The zero-order valence-electron chi connectivity index (χ0n) is 12.7. The first-order valence-electron chi connectivity index (χ1n) is 6.78. The van der Waals surface area contributed by atoms with Crippen molar-refractivity contribution in [1.29, 1.82) is 0 Å². The molecule has 0 heterocycles. The Bertz CT molecular complexity index is 534. The van der Waals surface area contributed by atoms with Gasteiger partial charge in [-0.2, -0.15) is 0 Å². The Kier molecular flexibility index (Phi) is 7.48. The first kappa shape index (κ1) is 18.6. The number of hydrogen-bond acceptors (Lipinski definition) is 4. The van der Waals surface area contributed by atoms with E-state index in [0.29, 0.717) is 22.2 Å². The molecule has 5 nitrogen and oxygen atoms in total. The van der Waals surface area contributed by atoms with E-state index < -0.39 is 17.9 Å². The summed E-state index contributed by atoms with van der Waals surface area (Å²) in [6.07, 6.45) is 0.486. The lowest BCUT2D eigenvalue weighted by molar-refractivity contribution is -0.145. The van der Waals surface area contributed by atoms with Gasteiger partial charge >= 0.3 is 5.97 Å². The number of ether oxygens (including phenoxy) is 2. The minimum atomic E-state index is -0.693. The van der Waals surface area contributed by atoms with Crippen LogP contribution in [0.3, 0.4) is 0 Å². The molecule has 0 unspecified atom stereocenters. The third-order valence-corrected chi connectivity index (χ3v) is 3.31. The molecular weight excluding hydrogens is 329 g/mol. The predicted octanol–water partition coefficient (Wildman–Crippen LogP) is 3.08. The predicted molar refractivity (Wildman–Crippen MR) is 85.4 cm³/mol. The van der Waals surface area contributed by atoms with E-state index in [1.54, 1.807) is 12.1 Å². The van der Waals surface area contributed by atoms with Crippen molar-refractivity contribution in [2.75, 3.05) is 13.7 Å². The lowest BCUT2D eigenvalue weighted by Gasteiger charge is -2.18. The van der Waals surface area contributed by atoms with Gasteiger partial charge in [0.25, 0.3) is 5.91 Å². The second-order valence-electron chi connectivity index (χ2n) is 5.14. The van der Waals surface area contributed by atoms with E-state index in [1.807, 2.05) is 13.8 Å². The van der Waals surface area contributed by atoms with Gasteiger partial charge in [0, 0.05) is 5.02 Å². The van der Waals surface area contributed by atoms with E-state index in [1.165, 1.54) is 13.2 Å². The molecule has 0 fully saturated rings. The number of halogens is 2. The second-order valence-corrected chi connectivity index (χ2v) is 5.98. The number of hydrogen-bond donors (Lipinski definition) is 1. The van der Waals surface area contributed by atoms with E-state index in [0.717, 1.165) is 0 Å². The molecule has 0 radical (unpaired) electrons. The van der Waals surface area contributed by atoms with Gasteiger partial charge in [-0.1, -0.05) is 37.0 Å². The van der Waals surface area contributed by atoms with Crippen LogP contribution in [0.2, 0.25) is 10.0 Å². The van der Waals surface area contributed by atoms with E-state index in [2.05, 4.69) is 10.1 Å². The number of rotatable bonds is 7. The van der Waals surface area contributed by atoms with Crippen LogP contribution in [0.25, 0.3) is 0 Å². The summed E-state index contributed by atoms with van der Waals surface area (Å²) in [5.41, 5.74) is 0. The van der Waals surface area contributed by atoms with Crippen molar-refractivity contribution in [3.05, 3.63) is 28.2 Å². The molecule has 1 aromatic rings. The number of methoxy groups -OCH3 is 1. The van der Waals surface area contributed by atoms with Crippen molar-refractivity contribution in [2.45, 2.75) is 26.3 Å². The lowest BCUT2D eigenvalue weighted by Crippen LogP contribution is -2.44. The van der Waals surface area contributed by atoms with Crippen molar-refractivity contribution in [1.82, 2.24) is 5.32 Å². The van der Waals surface area contributed by atoms with Crippen LogP contribution >= 0.6 is 23.2 Å². The Morgan fingerprint density at radius 3 is 2.50 bits per heavy atom. The van der Waals surface area contributed by atoms with Crippen LogP contribution in [0, 0.1) is 5.92 Å². The fraction of sp³-hybridized carbons (Fsp3) is 0.467. The SMILES string of the molecule is COC(=O)[C@@H](CC(C)C)NC(=O)COc1ccc(Cl)cc1Cl. The molecule has 0 aliphatic rings. The van der Waals surface area contributed by atoms with Crippen LogP contribution in [0.1, 0.15) is 20.3 Å². The monoisotopic (exact) mass is 347 g/mol. The maximum Gasteiger partial charge on any atom is 0.328 e. The van der Waals surface area contributed by atoms with Crippen molar-refractivity contribution in [3.8, 4) is 5.75 Å². The summed E-state index contributed by atoms with van der Waals surface area (Å²) in [5, 5.41) is 3.38. The Morgan fingerprint density at radius 1 is 1.27 bits per heavy atom. The highest BCUT2D eigenvalue weighted by Crippen LogP contribution is 2.27. The molecule has 1 rings (SSSR count). The highest BCUT2D eigenvalue weighted by Gasteiger charge is 2.22. The molecule has 0 spiro atoms. The molecule has 0 saturated carbocycles. The second kappa shape index (κ2) is 8.86. The summed E-state index contributed by atoms with van der Waals surface area (Å²) in [4.78, 5) is 23.5. The summed E-state index contributed by atoms with van der Waals surface area (Å²) in [6.45, 7) is 3.64. The van der Waals surface area contributed by atoms with Gasteiger partial charge in [0.05, 0.1) is 12.1 Å². The molecule has 0 aliphatic heterocycles. The van der Waals surface area contributed by atoms with Gasteiger partial charge in [-0.05, 0) is 30.5 Å². The first-order chi connectivity index (χ1) is 10.3. The van der Waals surface area contributed by atoms with Crippen LogP contribution in [0.4, 0.5) is 0 Å². The Morgan fingerprint density at radius 2 is 1.95 bits per heavy atom. The zero-order valence-corrected chi connectivity index (χ0v) is 14.2. The molecule has 1 N–H and O–H groups in total. The zero-order chi connectivity index (χ0) is 16.7. The lowest BCUT2D eigenvalue weighted by atomic mass is 10.0. The topological polar surface area (TPSA) is 64.6 Å². The van der Waals surface area contributed by atoms with Gasteiger partial charge in [0.2, 0.25) is 0 Å². The fourth-order valence-corrected chi connectivity index (χ4v) is 2.26. The van der Waals surface area contributed by atoms with Gasteiger partial charge in [-0.3, -0.25) is 4.79 Å². The number of esters is 1. The van der Waals surface area contributed by atoms with Crippen LogP contribution in [-0.2, 0) is 14.3 Å². The van der Waals surface area contributed by atoms with Gasteiger partial charge in [-0.15, -0.1) is 0 Å². The summed E-state index contributed by atoms with van der Waals surface area (Å²) < 4.78 is 10.00. The molecule has 0 bridgehead atoms. The minimum Gasteiger partial charge on any atom is -0.482 e.